The summed E-state index contributed by atoms with van der Waals surface area (Å²) in [5.41, 5.74) is 0.805. The number of aromatic nitrogens is 2. The first-order chi connectivity index (χ1) is 7.20. The van der Waals surface area contributed by atoms with Gasteiger partial charge in [0.25, 0.3) is 0 Å². The average molecular weight is 243 g/mol. The second-order valence-corrected chi connectivity index (χ2v) is 4.14. The molecule has 0 aliphatic carbocycles. The zero-order valence-corrected chi connectivity index (χ0v) is 9.35. The Kier molecular flexibility index (Phi) is 2.75. The Morgan fingerprint density at radius 2 is 2.33 bits per heavy atom. The molecule has 0 saturated heterocycles. The average Bonchev–Trinajstić information content (AvgIpc) is 2.66. The number of hydrogen-bond donors (Lipinski definition) is 1. The van der Waals surface area contributed by atoms with E-state index in [2.05, 4.69) is 10.2 Å². The molecule has 0 spiro atoms. The molecule has 6 heteroatoms. The standard InChI is InChI=1S/C9H7ClN2O2S/c1-14-7-4-5(2-3-6(7)10)8-11-12-9(13)15-8/h2-4H,1H3,(H,12,13). The van der Waals surface area contributed by atoms with Crippen LogP contribution in [0.4, 0.5) is 0 Å². The van der Waals surface area contributed by atoms with Crippen LogP contribution in [0.25, 0.3) is 10.6 Å². The Morgan fingerprint density at radius 1 is 1.53 bits per heavy atom. The molecule has 15 heavy (non-hydrogen) atoms. The van der Waals surface area contributed by atoms with E-state index in [0.29, 0.717) is 15.8 Å². The summed E-state index contributed by atoms with van der Waals surface area (Å²) >= 11 is 6.92. The molecule has 4 nitrogen and oxygen atoms in total. The molecule has 0 aliphatic rings. The Balaban J connectivity index is 2.50. The molecule has 78 valence electrons. The van der Waals surface area contributed by atoms with Crippen molar-refractivity contribution in [1.82, 2.24) is 10.2 Å². The first-order valence-corrected chi connectivity index (χ1v) is 5.29. The maximum Gasteiger partial charge on any atom is 0.322 e. The lowest BCUT2D eigenvalue weighted by molar-refractivity contribution is 0.415. The Labute approximate surface area is 94.5 Å². The summed E-state index contributed by atoms with van der Waals surface area (Å²) in [7, 11) is 1.54. The number of H-pyrrole nitrogens is 1. The molecule has 1 aromatic heterocycles. The van der Waals surface area contributed by atoms with Gasteiger partial charge in [0, 0.05) is 5.56 Å². The van der Waals surface area contributed by atoms with Crippen LogP contribution >= 0.6 is 22.9 Å². The number of nitrogens with one attached hydrogen (secondary N) is 1. The largest absolute Gasteiger partial charge is 0.495 e. The number of ether oxygens (including phenoxy) is 1. The van der Waals surface area contributed by atoms with E-state index in [4.69, 9.17) is 16.3 Å². The molecule has 2 rings (SSSR count). The second-order valence-electron chi connectivity index (χ2n) is 2.77. The van der Waals surface area contributed by atoms with Gasteiger partial charge in [-0.2, -0.15) is 5.10 Å². The molecule has 1 heterocycles. The third-order valence-corrected chi connectivity index (χ3v) is 2.95. The van der Waals surface area contributed by atoms with Crippen molar-refractivity contribution < 1.29 is 4.74 Å². The van der Waals surface area contributed by atoms with Crippen molar-refractivity contribution in [1.29, 1.82) is 0 Å². The lowest BCUT2D eigenvalue weighted by atomic mass is 10.2. The summed E-state index contributed by atoms with van der Waals surface area (Å²) in [5.74, 6) is 0.566. The minimum Gasteiger partial charge on any atom is -0.495 e. The van der Waals surface area contributed by atoms with Crippen LogP contribution in [0.2, 0.25) is 5.02 Å². The van der Waals surface area contributed by atoms with Crippen molar-refractivity contribution in [3.8, 4) is 16.3 Å². The van der Waals surface area contributed by atoms with Gasteiger partial charge in [-0.05, 0) is 12.1 Å². The van der Waals surface area contributed by atoms with Crippen LogP contribution < -0.4 is 9.61 Å². The highest BCUT2D eigenvalue weighted by Gasteiger charge is 2.07. The number of nitrogens with zero attached hydrogens (tertiary/aromatic N) is 1. The maximum atomic E-state index is 10.9. The van der Waals surface area contributed by atoms with Crippen molar-refractivity contribution >= 4 is 22.9 Å². The van der Waals surface area contributed by atoms with Gasteiger partial charge < -0.3 is 4.74 Å². The summed E-state index contributed by atoms with van der Waals surface area (Å²) in [6, 6.07) is 5.24. The minimum absolute atomic E-state index is 0.182. The number of aromatic amines is 1. The number of halogens is 1. The van der Waals surface area contributed by atoms with Gasteiger partial charge in [-0.1, -0.05) is 29.0 Å². The molecule has 2 aromatic rings. The molecule has 0 saturated carbocycles. The van der Waals surface area contributed by atoms with Crippen LogP contribution in [0.5, 0.6) is 5.75 Å². The van der Waals surface area contributed by atoms with E-state index < -0.39 is 0 Å². The lowest BCUT2D eigenvalue weighted by Gasteiger charge is -2.03. The smallest absolute Gasteiger partial charge is 0.322 e. The molecule has 0 amide bonds. The van der Waals surface area contributed by atoms with Gasteiger partial charge in [0.15, 0.2) is 0 Å². The van der Waals surface area contributed by atoms with Gasteiger partial charge >= 0.3 is 4.87 Å². The minimum atomic E-state index is -0.182. The number of methoxy groups -OCH3 is 1. The van der Waals surface area contributed by atoms with Gasteiger partial charge in [-0.15, -0.1) is 0 Å². The fourth-order valence-corrected chi connectivity index (χ4v) is 1.94. The zero-order valence-electron chi connectivity index (χ0n) is 7.78. The summed E-state index contributed by atoms with van der Waals surface area (Å²) in [4.78, 5) is 10.7. The van der Waals surface area contributed by atoms with Gasteiger partial charge in [-0.3, -0.25) is 4.79 Å². The summed E-state index contributed by atoms with van der Waals surface area (Å²) in [6.45, 7) is 0. The van der Waals surface area contributed by atoms with Crippen molar-refractivity contribution in [3.05, 3.63) is 32.9 Å². The van der Waals surface area contributed by atoms with Crippen LogP contribution in [0.3, 0.4) is 0 Å². The van der Waals surface area contributed by atoms with Crippen molar-refractivity contribution in [2.24, 2.45) is 0 Å². The van der Waals surface area contributed by atoms with Crippen LogP contribution in [-0.4, -0.2) is 17.3 Å². The quantitative estimate of drug-likeness (QED) is 0.878. The number of benzene rings is 1. The van der Waals surface area contributed by atoms with Crippen LogP contribution in [0, 0.1) is 0 Å². The zero-order chi connectivity index (χ0) is 10.8. The topological polar surface area (TPSA) is 55.0 Å². The summed E-state index contributed by atoms with van der Waals surface area (Å²) < 4.78 is 5.07. The molecular formula is C9H7ClN2O2S. The van der Waals surface area contributed by atoms with E-state index in [1.165, 1.54) is 7.11 Å². The van der Waals surface area contributed by atoms with Crippen LogP contribution in [0.15, 0.2) is 23.0 Å². The number of rotatable bonds is 2. The molecule has 0 atom stereocenters. The highest BCUT2D eigenvalue weighted by atomic mass is 35.5. The lowest BCUT2D eigenvalue weighted by Crippen LogP contribution is -1.90. The van der Waals surface area contributed by atoms with Crippen molar-refractivity contribution in [3.63, 3.8) is 0 Å². The van der Waals surface area contributed by atoms with Gasteiger partial charge in [0.2, 0.25) is 0 Å². The Hall–Kier alpha value is -1.33. The van der Waals surface area contributed by atoms with Gasteiger partial charge in [0.1, 0.15) is 10.8 Å². The second kappa shape index (κ2) is 4.04. The first kappa shape index (κ1) is 10.2. The van der Waals surface area contributed by atoms with Crippen molar-refractivity contribution in [2.45, 2.75) is 0 Å². The summed E-state index contributed by atoms with van der Waals surface area (Å²) in [5, 5.41) is 7.38. The van der Waals surface area contributed by atoms with E-state index >= 15 is 0 Å². The molecule has 0 unspecified atom stereocenters. The Bertz CT molecular complexity index is 535. The highest BCUT2D eigenvalue weighted by Crippen LogP contribution is 2.29. The SMILES string of the molecule is COc1cc(-c2n[nH]c(=O)s2)ccc1Cl. The van der Waals surface area contributed by atoms with Crippen LogP contribution in [0.1, 0.15) is 0 Å². The van der Waals surface area contributed by atoms with E-state index in [9.17, 15) is 4.79 Å². The monoisotopic (exact) mass is 242 g/mol. The predicted octanol–water partition coefficient (Wildman–Crippen LogP) is 2.16. The Morgan fingerprint density at radius 3 is 2.93 bits per heavy atom. The number of hydrogen-bond acceptors (Lipinski definition) is 4. The van der Waals surface area contributed by atoms with Crippen LogP contribution in [-0.2, 0) is 0 Å². The van der Waals surface area contributed by atoms with Gasteiger partial charge in [-0.25, -0.2) is 5.10 Å². The fourth-order valence-electron chi connectivity index (χ4n) is 1.15. The van der Waals surface area contributed by atoms with E-state index in [1.807, 2.05) is 0 Å². The molecule has 0 radical (unpaired) electrons. The molecule has 1 N–H and O–H groups in total. The molecule has 0 fully saturated rings. The molecule has 1 aromatic carbocycles. The van der Waals surface area contributed by atoms with Crippen molar-refractivity contribution in [2.75, 3.05) is 7.11 Å². The third kappa shape index (κ3) is 2.03. The fraction of sp³-hybridized carbons (Fsp3) is 0.111. The first-order valence-electron chi connectivity index (χ1n) is 4.10. The van der Waals surface area contributed by atoms with E-state index in [1.54, 1.807) is 18.2 Å². The normalized spacial score (nSPS) is 10.3. The molecule has 0 aliphatic heterocycles. The molecule has 0 bridgehead atoms. The van der Waals surface area contributed by atoms with E-state index in [0.717, 1.165) is 16.9 Å². The predicted molar refractivity (Wildman–Crippen MR) is 59.7 cm³/mol. The van der Waals surface area contributed by atoms with E-state index in [-0.39, 0.29) is 4.87 Å². The third-order valence-electron chi connectivity index (χ3n) is 1.84. The maximum absolute atomic E-state index is 10.9. The summed E-state index contributed by atoms with van der Waals surface area (Å²) in [6.07, 6.45) is 0. The molecular weight excluding hydrogens is 236 g/mol. The highest BCUT2D eigenvalue weighted by molar-refractivity contribution is 7.12. The van der Waals surface area contributed by atoms with Gasteiger partial charge in [0.05, 0.1) is 12.1 Å².